The van der Waals surface area contributed by atoms with Gasteiger partial charge in [-0.25, -0.2) is 8.42 Å². The Kier molecular flexibility index (Phi) is 4.26. The molecule has 1 aromatic heterocycles. The lowest BCUT2D eigenvalue weighted by Gasteiger charge is -2.12. The van der Waals surface area contributed by atoms with Crippen LogP contribution in [0.2, 0.25) is 0 Å². The average Bonchev–Trinajstić information content (AvgIpc) is 3.26. The van der Waals surface area contributed by atoms with E-state index < -0.39 is 15.7 Å². The van der Waals surface area contributed by atoms with Gasteiger partial charge in [0.2, 0.25) is 5.91 Å². The van der Waals surface area contributed by atoms with Gasteiger partial charge in [0.15, 0.2) is 15.5 Å². The molecule has 142 valence electrons. The Hall–Kier alpha value is -2.68. The van der Waals surface area contributed by atoms with E-state index in [1.54, 1.807) is 22.9 Å². The molecule has 2 aliphatic rings. The summed E-state index contributed by atoms with van der Waals surface area (Å²) in [5, 5.41) is 7.17. The van der Waals surface area contributed by atoms with Gasteiger partial charge in [0, 0.05) is 22.9 Å². The van der Waals surface area contributed by atoms with Crippen molar-refractivity contribution in [3.63, 3.8) is 0 Å². The van der Waals surface area contributed by atoms with E-state index in [-0.39, 0.29) is 29.1 Å². The molecule has 1 saturated heterocycles. The average molecular weight is 388 g/mol. The number of anilines is 1. The van der Waals surface area contributed by atoms with Crippen LogP contribution in [-0.2, 0) is 9.84 Å². The lowest BCUT2D eigenvalue weighted by Crippen LogP contribution is -2.17. The van der Waals surface area contributed by atoms with Crippen molar-refractivity contribution in [1.82, 2.24) is 9.78 Å². The van der Waals surface area contributed by atoms with E-state index in [2.05, 4.69) is 10.4 Å². The summed E-state index contributed by atoms with van der Waals surface area (Å²) in [5.41, 5.74) is 7.29. The van der Waals surface area contributed by atoms with Crippen molar-refractivity contribution in [1.29, 1.82) is 0 Å². The first-order valence-corrected chi connectivity index (χ1v) is 10.7. The standard InChI is InChI=1S/C18H20N4O4S/c19-17(23)12-3-5-13(6-4-12)20-18(24)15-9-16(11-1-2-11)22(21-15)14-7-8-27(25,26)10-14/h3-6,9,11,14H,1-2,7-8,10H2,(H2,19,23)(H,20,24)/t14-/m1/s1. The number of amides is 2. The van der Waals surface area contributed by atoms with E-state index in [0.717, 1.165) is 18.5 Å². The highest BCUT2D eigenvalue weighted by Crippen LogP contribution is 2.42. The number of aromatic nitrogens is 2. The zero-order valence-electron chi connectivity index (χ0n) is 14.6. The summed E-state index contributed by atoms with van der Waals surface area (Å²) in [6.07, 6.45) is 2.58. The van der Waals surface area contributed by atoms with Crippen molar-refractivity contribution in [2.45, 2.75) is 31.2 Å². The van der Waals surface area contributed by atoms with Crippen LogP contribution in [0.3, 0.4) is 0 Å². The zero-order valence-corrected chi connectivity index (χ0v) is 15.4. The second-order valence-electron chi connectivity index (χ2n) is 7.13. The molecule has 8 nitrogen and oxygen atoms in total. The third-order valence-electron chi connectivity index (χ3n) is 4.97. The van der Waals surface area contributed by atoms with Crippen LogP contribution in [0, 0.1) is 0 Å². The largest absolute Gasteiger partial charge is 0.366 e. The summed E-state index contributed by atoms with van der Waals surface area (Å²) in [7, 11) is -3.04. The number of primary amides is 1. The Morgan fingerprint density at radius 1 is 1.15 bits per heavy atom. The lowest BCUT2D eigenvalue weighted by atomic mass is 10.2. The molecule has 2 heterocycles. The normalized spacial score (nSPS) is 21.1. The number of hydrogen-bond donors (Lipinski definition) is 2. The van der Waals surface area contributed by atoms with Gasteiger partial charge in [0.25, 0.3) is 5.91 Å². The van der Waals surface area contributed by atoms with E-state index in [1.165, 1.54) is 12.1 Å². The molecule has 2 amide bonds. The molecule has 0 spiro atoms. The maximum absolute atomic E-state index is 12.6. The molecule has 9 heteroatoms. The maximum atomic E-state index is 12.6. The highest BCUT2D eigenvalue weighted by molar-refractivity contribution is 7.91. The van der Waals surface area contributed by atoms with E-state index in [4.69, 9.17) is 5.73 Å². The third kappa shape index (κ3) is 3.73. The van der Waals surface area contributed by atoms with Crippen LogP contribution < -0.4 is 11.1 Å². The third-order valence-corrected chi connectivity index (χ3v) is 6.72. The molecule has 27 heavy (non-hydrogen) atoms. The monoisotopic (exact) mass is 388 g/mol. The lowest BCUT2D eigenvalue weighted by molar-refractivity contribution is 0.0997. The number of carbonyl (C=O) groups is 2. The number of rotatable bonds is 5. The SMILES string of the molecule is NC(=O)c1ccc(NC(=O)c2cc(C3CC3)n([C@@H]3CCS(=O)(=O)C3)n2)cc1. The minimum Gasteiger partial charge on any atom is -0.366 e. The van der Waals surface area contributed by atoms with Gasteiger partial charge in [0.1, 0.15) is 0 Å². The van der Waals surface area contributed by atoms with E-state index in [0.29, 0.717) is 23.6 Å². The van der Waals surface area contributed by atoms with Crippen LogP contribution in [-0.4, -0.2) is 41.5 Å². The number of nitrogens with one attached hydrogen (secondary N) is 1. The minimum atomic E-state index is -3.04. The van der Waals surface area contributed by atoms with Crippen molar-refractivity contribution in [2.75, 3.05) is 16.8 Å². The Balaban J connectivity index is 1.55. The summed E-state index contributed by atoms with van der Waals surface area (Å²) in [6.45, 7) is 0. The number of benzene rings is 1. The maximum Gasteiger partial charge on any atom is 0.276 e. The molecule has 1 aliphatic heterocycles. The van der Waals surface area contributed by atoms with Gasteiger partial charge in [0.05, 0.1) is 17.5 Å². The Morgan fingerprint density at radius 3 is 2.41 bits per heavy atom. The molecule has 1 aromatic carbocycles. The molecule has 1 aliphatic carbocycles. The van der Waals surface area contributed by atoms with Gasteiger partial charge in [-0.2, -0.15) is 5.10 Å². The molecule has 2 aromatic rings. The van der Waals surface area contributed by atoms with Crippen LogP contribution >= 0.6 is 0 Å². The van der Waals surface area contributed by atoms with Gasteiger partial charge in [-0.05, 0) is 49.6 Å². The number of carbonyl (C=O) groups excluding carboxylic acids is 2. The summed E-state index contributed by atoms with van der Waals surface area (Å²) in [5.74, 6) is -0.327. The van der Waals surface area contributed by atoms with Gasteiger partial charge < -0.3 is 11.1 Å². The summed E-state index contributed by atoms with van der Waals surface area (Å²) in [6, 6.07) is 7.82. The van der Waals surface area contributed by atoms with Crippen LogP contribution in [0.4, 0.5) is 5.69 Å². The molecule has 0 bridgehead atoms. The second-order valence-corrected chi connectivity index (χ2v) is 9.35. The topological polar surface area (TPSA) is 124 Å². The number of sulfone groups is 1. The van der Waals surface area contributed by atoms with E-state index >= 15 is 0 Å². The number of nitrogens with two attached hydrogens (primary N) is 1. The zero-order chi connectivity index (χ0) is 19.2. The molecule has 1 atom stereocenters. The molecule has 3 N–H and O–H groups in total. The first-order chi connectivity index (χ1) is 12.8. The smallest absolute Gasteiger partial charge is 0.276 e. The molecule has 0 radical (unpaired) electrons. The van der Waals surface area contributed by atoms with Gasteiger partial charge in [-0.1, -0.05) is 0 Å². The fourth-order valence-electron chi connectivity index (χ4n) is 3.38. The van der Waals surface area contributed by atoms with Gasteiger partial charge in [-0.15, -0.1) is 0 Å². The van der Waals surface area contributed by atoms with Crippen molar-refractivity contribution >= 4 is 27.3 Å². The Morgan fingerprint density at radius 2 is 1.85 bits per heavy atom. The quantitative estimate of drug-likeness (QED) is 0.803. The fourth-order valence-corrected chi connectivity index (χ4v) is 5.07. The van der Waals surface area contributed by atoms with Crippen LogP contribution in [0.25, 0.3) is 0 Å². The van der Waals surface area contributed by atoms with E-state index in [9.17, 15) is 18.0 Å². The summed E-state index contributed by atoms with van der Waals surface area (Å²) in [4.78, 5) is 23.7. The van der Waals surface area contributed by atoms with Crippen molar-refractivity contribution in [3.05, 3.63) is 47.3 Å². The molecule has 0 unspecified atom stereocenters. The Bertz CT molecular complexity index is 1010. The number of nitrogens with zero attached hydrogens (tertiary/aromatic N) is 2. The predicted molar refractivity (Wildman–Crippen MR) is 99.4 cm³/mol. The van der Waals surface area contributed by atoms with Crippen LogP contribution in [0.5, 0.6) is 0 Å². The first kappa shape index (κ1) is 17.7. The molecule has 1 saturated carbocycles. The first-order valence-electron chi connectivity index (χ1n) is 8.83. The highest BCUT2D eigenvalue weighted by Gasteiger charge is 2.36. The number of hydrogen-bond acceptors (Lipinski definition) is 5. The van der Waals surface area contributed by atoms with Gasteiger partial charge in [-0.3, -0.25) is 14.3 Å². The summed E-state index contributed by atoms with van der Waals surface area (Å²) < 4.78 is 25.4. The van der Waals surface area contributed by atoms with Crippen molar-refractivity contribution in [3.8, 4) is 0 Å². The molecule has 4 rings (SSSR count). The molecular formula is C18H20N4O4S. The minimum absolute atomic E-state index is 0.0735. The van der Waals surface area contributed by atoms with Gasteiger partial charge >= 0.3 is 0 Å². The summed E-state index contributed by atoms with van der Waals surface area (Å²) >= 11 is 0. The predicted octanol–water partition coefficient (Wildman–Crippen LogP) is 1.47. The molecule has 2 fully saturated rings. The van der Waals surface area contributed by atoms with Crippen LogP contribution in [0.15, 0.2) is 30.3 Å². The highest BCUT2D eigenvalue weighted by atomic mass is 32.2. The Labute approximate surface area is 156 Å². The van der Waals surface area contributed by atoms with Crippen molar-refractivity contribution < 1.29 is 18.0 Å². The van der Waals surface area contributed by atoms with Crippen LogP contribution in [0.1, 0.15) is 57.8 Å². The second kappa shape index (κ2) is 6.49. The molecular weight excluding hydrogens is 368 g/mol. The fraction of sp³-hybridized carbons (Fsp3) is 0.389. The van der Waals surface area contributed by atoms with Crippen molar-refractivity contribution in [2.24, 2.45) is 5.73 Å². The van der Waals surface area contributed by atoms with E-state index in [1.807, 2.05) is 0 Å².